The number of nitrogens with zero attached hydrogens (tertiary/aromatic N) is 4. The number of piperazine rings is 1. The van der Waals surface area contributed by atoms with Crippen molar-refractivity contribution in [1.29, 1.82) is 0 Å². The summed E-state index contributed by atoms with van der Waals surface area (Å²) < 4.78 is 5.13. The Morgan fingerprint density at radius 1 is 1.12 bits per heavy atom. The number of anilines is 2. The van der Waals surface area contributed by atoms with E-state index in [1.807, 2.05) is 29.2 Å². The van der Waals surface area contributed by atoms with Crippen molar-refractivity contribution in [1.82, 2.24) is 19.8 Å². The molecule has 0 radical (unpaired) electrons. The number of amides is 1. The normalized spacial score (nSPS) is 15.2. The average molecular weight is 327 g/mol. The van der Waals surface area contributed by atoms with E-state index in [1.165, 1.54) is 0 Å². The van der Waals surface area contributed by atoms with E-state index in [1.54, 1.807) is 19.4 Å². The topological polar surface area (TPSA) is 70.6 Å². The summed E-state index contributed by atoms with van der Waals surface area (Å²) in [7, 11) is 3.68. The lowest BCUT2D eigenvalue weighted by Crippen LogP contribution is -2.47. The van der Waals surface area contributed by atoms with Crippen LogP contribution in [0.2, 0.25) is 0 Å². The molecule has 7 nitrogen and oxygen atoms in total. The van der Waals surface area contributed by atoms with Gasteiger partial charge in [-0.3, -0.25) is 4.79 Å². The molecule has 1 saturated heterocycles. The van der Waals surface area contributed by atoms with Gasteiger partial charge in [-0.05, 0) is 37.4 Å². The molecule has 0 bridgehead atoms. The molecule has 1 aromatic heterocycles. The molecule has 0 unspecified atom stereocenters. The lowest BCUT2D eigenvalue weighted by Gasteiger charge is -2.32. The van der Waals surface area contributed by atoms with E-state index in [9.17, 15) is 4.79 Å². The highest BCUT2D eigenvalue weighted by Gasteiger charge is 2.21. The third-order valence-corrected chi connectivity index (χ3v) is 4.01. The number of benzene rings is 1. The van der Waals surface area contributed by atoms with Gasteiger partial charge in [-0.25, -0.2) is 9.97 Å². The van der Waals surface area contributed by atoms with Gasteiger partial charge in [-0.15, -0.1) is 0 Å². The van der Waals surface area contributed by atoms with Crippen LogP contribution in [-0.4, -0.2) is 66.0 Å². The van der Waals surface area contributed by atoms with Crippen molar-refractivity contribution < 1.29 is 9.53 Å². The fraction of sp³-hybridized carbons (Fsp3) is 0.353. The van der Waals surface area contributed by atoms with Crippen molar-refractivity contribution in [2.75, 3.05) is 45.7 Å². The van der Waals surface area contributed by atoms with Gasteiger partial charge in [0, 0.05) is 38.1 Å². The molecule has 7 heteroatoms. The molecular weight excluding hydrogens is 306 g/mol. The predicted octanol–water partition coefficient (Wildman–Crippen LogP) is 1.62. The van der Waals surface area contributed by atoms with E-state index in [0.717, 1.165) is 37.6 Å². The quantitative estimate of drug-likeness (QED) is 0.920. The Balaban J connectivity index is 1.70. The lowest BCUT2D eigenvalue weighted by atomic mass is 10.3. The third-order valence-electron chi connectivity index (χ3n) is 4.01. The van der Waals surface area contributed by atoms with Gasteiger partial charge in [0.15, 0.2) is 0 Å². The maximum atomic E-state index is 12.6. The molecule has 0 spiro atoms. The average Bonchev–Trinajstić information content (AvgIpc) is 2.63. The van der Waals surface area contributed by atoms with Crippen LogP contribution in [0.1, 0.15) is 10.5 Å². The SMILES string of the molecule is COc1ccc(Nc2nccc(C(=O)N3CCN(C)CC3)n2)cc1. The molecule has 2 heterocycles. The summed E-state index contributed by atoms with van der Waals surface area (Å²) in [6, 6.07) is 9.09. The highest BCUT2D eigenvalue weighted by atomic mass is 16.5. The first-order valence-electron chi connectivity index (χ1n) is 7.87. The molecule has 24 heavy (non-hydrogen) atoms. The molecule has 2 aromatic rings. The van der Waals surface area contributed by atoms with Gasteiger partial charge >= 0.3 is 0 Å². The Labute approximate surface area is 141 Å². The zero-order valence-corrected chi connectivity index (χ0v) is 13.9. The Hall–Kier alpha value is -2.67. The summed E-state index contributed by atoms with van der Waals surface area (Å²) in [5.74, 6) is 1.13. The Morgan fingerprint density at radius 2 is 1.83 bits per heavy atom. The van der Waals surface area contributed by atoms with Crippen molar-refractivity contribution in [3.63, 3.8) is 0 Å². The van der Waals surface area contributed by atoms with E-state index < -0.39 is 0 Å². The second-order valence-electron chi connectivity index (χ2n) is 5.71. The minimum Gasteiger partial charge on any atom is -0.497 e. The van der Waals surface area contributed by atoms with Crippen LogP contribution in [0.4, 0.5) is 11.6 Å². The number of rotatable bonds is 4. The zero-order valence-electron chi connectivity index (χ0n) is 13.9. The molecule has 0 atom stereocenters. The molecule has 1 amide bonds. The number of hydrogen-bond donors (Lipinski definition) is 1. The molecule has 1 aliphatic heterocycles. The van der Waals surface area contributed by atoms with Gasteiger partial charge in [0.2, 0.25) is 5.95 Å². The van der Waals surface area contributed by atoms with Gasteiger partial charge in [-0.1, -0.05) is 0 Å². The molecule has 126 valence electrons. The predicted molar refractivity (Wildman–Crippen MR) is 91.7 cm³/mol. The highest BCUT2D eigenvalue weighted by Crippen LogP contribution is 2.18. The number of ether oxygens (including phenoxy) is 1. The molecule has 1 fully saturated rings. The van der Waals surface area contributed by atoms with Gasteiger partial charge in [0.1, 0.15) is 11.4 Å². The van der Waals surface area contributed by atoms with E-state index in [0.29, 0.717) is 11.6 Å². The number of aromatic nitrogens is 2. The summed E-state index contributed by atoms with van der Waals surface area (Å²) in [6.45, 7) is 3.21. The smallest absolute Gasteiger partial charge is 0.272 e. The van der Waals surface area contributed by atoms with Gasteiger partial charge in [0.25, 0.3) is 5.91 Å². The fourth-order valence-electron chi connectivity index (χ4n) is 2.51. The number of methoxy groups -OCH3 is 1. The summed E-state index contributed by atoms with van der Waals surface area (Å²) in [6.07, 6.45) is 1.60. The maximum Gasteiger partial charge on any atom is 0.272 e. The van der Waals surface area contributed by atoms with Crippen LogP contribution in [0.15, 0.2) is 36.5 Å². The second-order valence-corrected chi connectivity index (χ2v) is 5.71. The van der Waals surface area contributed by atoms with Crippen molar-refractivity contribution in [3.8, 4) is 5.75 Å². The number of carbonyl (C=O) groups excluding carboxylic acids is 1. The fourth-order valence-corrected chi connectivity index (χ4v) is 2.51. The minimum absolute atomic E-state index is 0.0525. The first-order chi connectivity index (χ1) is 11.7. The number of hydrogen-bond acceptors (Lipinski definition) is 6. The second kappa shape index (κ2) is 7.27. The molecule has 3 rings (SSSR count). The number of nitrogens with one attached hydrogen (secondary N) is 1. The van der Waals surface area contributed by atoms with Crippen LogP contribution in [0.5, 0.6) is 5.75 Å². The van der Waals surface area contributed by atoms with Crippen LogP contribution in [0, 0.1) is 0 Å². The summed E-state index contributed by atoms with van der Waals surface area (Å²) >= 11 is 0. The van der Waals surface area contributed by atoms with E-state index >= 15 is 0 Å². The van der Waals surface area contributed by atoms with E-state index in [2.05, 4.69) is 27.2 Å². The minimum atomic E-state index is -0.0525. The molecule has 1 N–H and O–H groups in total. The van der Waals surface area contributed by atoms with Crippen LogP contribution in [0.3, 0.4) is 0 Å². The highest BCUT2D eigenvalue weighted by molar-refractivity contribution is 5.92. The molecule has 0 saturated carbocycles. The maximum absolute atomic E-state index is 12.6. The molecule has 1 aliphatic rings. The Morgan fingerprint density at radius 3 is 2.50 bits per heavy atom. The number of carbonyl (C=O) groups is 1. The third kappa shape index (κ3) is 3.80. The Kier molecular flexibility index (Phi) is 4.90. The first kappa shape index (κ1) is 16.2. The summed E-state index contributed by atoms with van der Waals surface area (Å²) in [4.78, 5) is 25.1. The van der Waals surface area contributed by atoms with Crippen molar-refractivity contribution >= 4 is 17.5 Å². The monoisotopic (exact) mass is 327 g/mol. The van der Waals surface area contributed by atoms with Crippen molar-refractivity contribution in [2.45, 2.75) is 0 Å². The van der Waals surface area contributed by atoms with Crippen molar-refractivity contribution in [2.24, 2.45) is 0 Å². The van der Waals surface area contributed by atoms with E-state index in [-0.39, 0.29) is 5.91 Å². The van der Waals surface area contributed by atoms with Crippen LogP contribution < -0.4 is 10.1 Å². The van der Waals surface area contributed by atoms with Crippen LogP contribution in [0.25, 0.3) is 0 Å². The largest absolute Gasteiger partial charge is 0.497 e. The molecule has 0 aliphatic carbocycles. The summed E-state index contributed by atoms with van der Waals surface area (Å²) in [5.41, 5.74) is 1.24. The van der Waals surface area contributed by atoms with Gasteiger partial charge < -0.3 is 19.9 Å². The van der Waals surface area contributed by atoms with Gasteiger partial charge in [-0.2, -0.15) is 0 Å². The summed E-state index contributed by atoms with van der Waals surface area (Å²) in [5, 5.41) is 3.10. The van der Waals surface area contributed by atoms with Gasteiger partial charge in [0.05, 0.1) is 7.11 Å². The lowest BCUT2D eigenvalue weighted by molar-refractivity contribution is 0.0658. The van der Waals surface area contributed by atoms with E-state index in [4.69, 9.17) is 4.74 Å². The standard InChI is InChI=1S/C17H21N5O2/c1-21-9-11-22(12-10-21)16(23)15-7-8-18-17(20-15)19-13-3-5-14(24-2)6-4-13/h3-8H,9-12H2,1-2H3,(H,18,19,20). The zero-order chi connectivity index (χ0) is 16.9. The van der Waals surface area contributed by atoms with Crippen molar-refractivity contribution in [3.05, 3.63) is 42.2 Å². The first-order valence-corrected chi connectivity index (χ1v) is 7.87. The molecular formula is C17H21N5O2. The number of likely N-dealkylation sites (N-methyl/N-ethyl adjacent to an activating group) is 1. The van der Waals surface area contributed by atoms with Crippen LogP contribution >= 0.6 is 0 Å². The molecule has 1 aromatic carbocycles. The Bertz CT molecular complexity index is 696. The van der Waals surface area contributed by atoms with Crippen LogP contribution in [-0.2, 0) is 0 Å².